The summed E-state index contributed by atoms with van der Waals surface area (Å²) in [6.45, 7) is 3.49. The molecule has 0 atom stereocenters. The Bertz CT molecular complexity index is 526. The first kappa shape index (κ1) is 12.7. The van der Waals surface area contributed by atoms with Crippen molar-refractivity contribution >= 4 is 10.9 Å². The number of H-pyrrole nitrogens is 1. The molecule has 3 nitrogen and oxygen atoms in total. The lowest BCUT2D eigenvalue weighted by molar-refractivity contribution is 0.0415. The summed E-state index contributed by atoms with van der Waals surface area (Å²) in [5.41, 5.74) is 2.68. The summed E-state index contributed by atoms with van der Waals surface area (Å²) in [4.78, 5) is 5.91. The maximum Gasteiger partial charge on any atom is 0.0595 e. The number of benzene rings is 1. The fourth-order valence-electron chi connectivity index (χ4n) is 2.99. The van der Waals surface area contributed by atoms with Gasteiger partial charge in [0, 0.05) is 43.8 Å². The van der Waals surface area contributed by atoms with Crippen LogP contribution in [0.25, 0.3) is 10.9 Å². The molecule has 3 rings (SSSR count). The number of nitrogens with zero attached hydrogens (tertiary/aromatic N) is 1. The number of nitrogens with one attached hydrogen (secondary N) is 1. The third kappa shape index (κ3) is 2.82. The van der Waals surface area contributed by atoms with Crippen molar-refractivity contribution in [2.24, 2.45) is 0 Å². The molecule has 0 aliphatic carbocycles. The Morgan fingerprint density at radius 2 is 2.05 bits per heavy atom. The Morgan fingerprint density at radius 1 is 1.26 bits per heavy atom. The zero-order valence-electron chi connectivity index (χ0n) is 11.6. The normalized spacial score (nSPS) is 18.2. The quantitative estimate of drug-likeness (QED) is 0.913. The van der Waals surface area contributed by atoms with Gasteiger partial charge in [-0.1, -0.05) is 18.2 Å². The lowest BCUT2D eigenvalue weighted by Crippen LogP contribution is -2.37. The smallest absolute Gasteiger partial charge is 0.0595 e. The predicted octanol–water partition coefficient (Wildman–Crippen LogP) is 2.82. The van der Waals surface area contributed by atoms with Crippen molar-refractivity contribution in [3.8, 4) is 0 Å². The Hall–Kier alpha value is -1.32. The molecule has 1 aliphatic rings. The third-order valence-electron chi connectivity index (χ3n) is 4.24. The molecule has 1 N–H and O–H groups in total. The number of piperidine rings is 1. The van der Waals surface area contributed by atoms with Crippen LogP contribution in [-0.4, -0.2) is 42.7 Å². The molecule has 0 amide bonds. The van der Waals surface area contributed by atoms with Crippen LogP contribution in [0.1, 0.15) is 18.4 Å². The molecule has 102 valence electrons. The van der Waals surface area contributed by atoms with Crippen molar-refractivity contribution < 1.29 is 4.74 Å². The van der Waals surface area contributed by atoms with Crippen LogP contribution in [0.3, 0.4) is 0 Å². The topological polar surface area (TPSA) is 28.3 Å². The number of aromatic amines is 1. The van der Waals surface area contributed by atoms with Crippen LogP contribution >= 0.6 is 0 Å². The Balaban J connectivity index is 1.58. The highest BCUT2D eigenvalue weighted by Crippen LogP contribution is 2.19. The summed E-state index contributed by atoms with van der Waals surface area (Å²) in [7, 11) is 1.83. The van der Waals surface area contributed by atoms with E-state index in [1.807, 2.05) is 7.11 Å². The molecule has 3 heteroatoms. The van der Waals surface area contributed by atoms with Gasteiger partial charge in [0.15, 0.2) is 0 Å². The SMILES string of the molecule is COC1CCN(CCc2c[nH]c3ccccc23)CC1. The van der Waals surface area contributed by atoms with Crippen molar-refractivity contribution in [1.29, 1.82) is 0 Å². The molecule has 1 saturated heterocycles. The second kappa shape index (κ2) is 5.76. The minimum Gasteiger partial charge on any atom is -0.381 e. The van der Waals surface area contributed by atoms with E-state index in [1.54, 1.807) is 0 Å². The predicted molar refractivity (Wildman–Crippen MR) is 78.5 cm³/mol. The zero-order chi connectivity index (χ0) is 13.1. The molecule has 0 saturated carbocycles. The molecule has 1 aromatic carbocycles. The van der Waals surface area contributed by atoms with Crippen LogP contribution in [0.2, 0.25) is 0 Å². The van der Waals surface area contributed by atoms with E-state index in [2.05, 4.69) is 40.3 Å². The number of aromatic nitrogens is 1. The van der Waals surface area contributed by atoms with Crippen LogP contribution in [0.4, 0.5) is 0 Å². The Morgan fingerprint density at radius 3 is 2.84 bits per heavy atom. The summed E-state index contributed by atoms with van der Waals surface area (Å²) in [6, 6.07) is 8.54. The number of fused-ring (bicyclic) bond motifs is 1. The average Bonchev–Trinajstić information content (AvgIpc) is 2.89. The lowest BCUT2D eigenvalue weighted by Gasteiger charge is -2.31. The summed E-state index contributed by atoms with van der Waals surface area (Å²) < 4.78 is 5.42. The summed E-state index contributed by atoms with van der Waals surface area (Å²) >= 11 is 0. The number of hydrogen-bond donors (Lipinski definition) is 1. The monoisotopic (exact) mass is 258 g/mol. The third-order valence-corrected chi connectivity index (χ3v) is 4.24. The summed E-state index contributed by atoms with van der Waals surface area (Å²) in [6.07, 6.45) is 6.10. The van der Waals surface area contributed by atoms with Crippen LogP contribution in [0, 0.1) is 0 Å². The molecule has 0 unspecified atom stereocenters. The summed E-state index contributed by atoms with van der Waals surface area (Å²) in [5, 5.41) is 1.37. The number of para-hydroxylation sites is 1. The van der Waals surface area contributed by atoms with E-state index in [-0.39, 0.29) is 0 Å². The van der Waals surface area contributed by atoms with Gasteiger partial charge in [-0.3, -0.25) is 0 Å². The van der Waals surface area contributed by atoms with Gasteiger partial charge in [-0.25, -0.2) is 0 Å². The number of ether oxygens (including phenoxy) is 1. The lowest BCUT2D eigenvalue weighted by atomic mass is 10.1. The highest BCUT2D eigenvalue weighted by atomic mass is 16.5. The Kier molecular flexibility index (Phi) is 3.85. The first-order chi connectivity index (χ1) is 9.36. The number of likely N-dealkylation sites (tertiary alicyclic amines) is 1. The van der Waals surface area contributed by atoms with Gasteiger partial charge >= 0.3 is 0 Å². The molecule has 1 fully saturated rings. The fraction of sp³-hybridized carbons (Fsp3) is 0.500. The largest absolute Gasteiger partial charge is 0.381 e. The van der Waals surface area contributed by atoms with Gasteiger partial charge in [-0.2, -0.15) is 0 Å². The van der Waals surface area contributed by atoms with Gasteiger partial charge in [-0.05, 0) is 30.9 Å². The van der Waals surface area contributed by atoms with Crippen molar-refractivity contribution in [3.05, 3.63) is 36.0 Å². The van der Waals surface area contributed by atoms with Crippen molar-refractivity contribution in [1.82, 2.24) is 9.88 Å². The number of methoxy groups -OCH3 is 1. The van der Waals surface area contributed by atoms with E-state index in [4.69, 9.17) is 4.74 Å². The van der Waals surface area contributed by atoms with Crippen LogP contribution in [0.5, 0.6) is 0 Å². The van der Waals surface area contributed by atoms with Crippen molar-refractivity contribution in [3.63, 3.8) is 0 Å². The van der Waals surface area contributed by atoms with Crippen molar-refractivity contribution in [2.45, 2.75) is 25.4 Å². The van der Waals surface area contributed by atoms with Crippen LogP contribution in [0.15, 0.2) is 30.5 Å². The maximum atomic E-state index is 5.42. The maximum absolute atomic E-state index is 5.42. The second-order valence-corrected chi connectivity index (χ2v) is 5.39. The molecular formula is C16H22N2O. The average molecular weight is 258 g/mol. The summed E-state index contributed by atoms with van der Waals surface area (Å²) in [5.74, 6) is 0. The van der Waals surface area contributed by atoms with E-state index < -0.39 is 0 Å². The van der Waals surface area contributed by atoms with E-state index in [9.17, 15) is 0 Å². The highest BCUT2D eigenvalue weighted by molar-refractivity contribution is 5.83. The second-order valence-electron chi connectivity index (χ2n) is 5.39. The molecular weight excluding hydrogens is 236 g/mol. The highest BCUT2D eigenvalue weighted by Gasteiger charge is 2.18. The standard InChI is InChI=1S/C16H22N2O/c1-19-14-7-10-18(11-8-14)9-6-13-12-17-16-5-3-2-4-15(13)16/h2-5,12,14,17H,6-11H2,1H3. The fourth-order valence-corrected chi connectivity index (χ4v) is 2.99. The molecule has 2 heterocycles. The van der Waals surface area contributed by atoms with Gasteiger partial charge in [-0.15, -0.1) is 0 Å². The molecule has 0 bridgehead atoms. The van der Waals surface area contributed by atoms with E-state index >= 15 is 0 Å². The van der Waals surface area contributed by atoms with Crippen LogP contribution < -0.4 is 0 Å². The van der Waals surface area contributed by atoms with Crippen LogP contribution in [-0.2, 0) is 11.2 Å². The Labute approximate surface area is 114 Å². The molecule has 0 spiro atoms. The minimum absolute atomic E-state index is 0.476. The van der Waals surface area contributed by atoms with Gasteiger partial charge in [0.2, 0.25) is 0 Å². The molecule has 1 aliphatic heterocycles. The number of hydrogen-bond acceptors (Lipinski definition) is 2. The zero-order valence-corrected chi connectivity index (χ0v) is 11.6. The van der Waals surface area contributed by atoms with Gasteiger partial charge < -0.3 is 14.6 Å². The van der Waals surface area contributed by atoms with E-state index in [0.717, 1.165) is 13.0 Å². The first-order valence-electron chi connectivity index (χ1n) is 7.17. The first-order valence-corrected chi connectivity index (χ1v) is 7.17. The molecule has 0 radical (unpaired) electrons. The molecule has 1 aromatic heterocycles. The minimum atomic E-state index is 0.476. The number of rotatable bonds is 4. The molecule has 19 heavy (non-hydrogen) atoms. The van der Waals surface area contributed by atoms with Gasteiger partial charge in [0.1, 0.15) is 0 Å². The van der Waals surface area contributed by atoms with Gasteiger partial charge in [0.05, 0.1) is 6.10 Å². The van der Waals surface area contributed by atoms with E-state index in [1.165, 1.54) is 42.4 Å². The van der Waals surface area contributed by atoms with E-state index in [0.29, 0.717) is 6.10 Å². The molecule has 2 aromatic rings. The van der Waals surface area contributed by atoms with Crippen molar-refractivity contribution in [2.75, 3.05) is 26.7 Å². The van der Waals surface area contributed by atoms with Gasteiger partial charge in [0.25, 0.3) is 0 Å².